The molecular formula is C36H64O7. The smallest absolute Gasteiger partial charge is 0.305 e. The molecule has 250 valence electrons. The Morgan fingerprint density at radius 3 is 1.60 bits per heavy atom. The van der Waals surface area contributed by atoms with E-state index in [9.17, 15) is 24.9 Å². The van der Waals surface area contributed by atoms with E-state index in [1.165, 1.54) is 64.2 Å². The van der Waals surface area contributed by atoms with Gasteiger partial charge in [-0.25, -0.2) is 0 Å². The number of hydrogen-bond acceptors (Lipinski definition) is 7. The van der Waals surface area contributed by atoms with Gasteiger partial charge in [-0.2, -0.15) is 0 Å². The van der Waals surface area contributed by atoms with Gasteiger partial charge in [0.1, 0.15) is 19.3 Å². The third-order valence-corrected chi connectivity index (χ3v) is 7.33. The van der Waals surface area contributed by atoms with Gasteiger partial charge in [-0.1, -0.05) is 121 Å². The van der Waals surface area contributed by atoms with E-state index in [0.29, 0.717) is 19.3 Å². The molecule has 0 saturated heterocycles. The quantitative estimate of drug-likeness (QED) is 0.0429. The lowest BCUT2D eigenvalue weighted by Gasteiger charge is -2.16. The molecule has 3 N–H and O–H groups in total. The largest absolute Gasteiger partial charge is 0.463 e. The number of esters is 2. The monoisotopic (exact) mass is 608 g/mol. The van der Waals surface area contributed by atoms with Gasteiger partial charge in [0.2, 0.25) is 0 Å². The molecule has 0 radical (unpaired) electrons. The summed E-state index contributed by atoms with van der Waals surface area (Å²) < 4.78 is 10.1. The van der Waals surface area contributed by atoms with E-state index in [0.717, 1.165) is 38.5 Å². The summed E-state index contributed by atoms with van der Waals surface area (Å²) >= 11 is 0. The van der Waals surface area contributed by atoms with Gasteiger partial charge >= 0.3 is 11.9 Å². The van der Waals surface area contributed by atoms with Crippen LogP contribution in [-0.4, -0.2) is 58.8 Å². The Morgan fingerprint density at radius 1 is 0.558 bits per heavy atom. The van der Waals surface area contributed by atoms with Gasteiger partial charge in [-0.15, -0.1) is 0 Å². The van der Waals surface area contributed by atoms with E-state index in [-0.39, 0.29) is 32.0 Å². The Balaban J connectivity index is 3.75. The molecule has 0 aliphatic rings. The third-order valence-electron chi connectivity index (χ3n) is 7.33. The number of allylic oxidation sites excluding steroid dienone is 5. The summed E-state index contributed by atoms with van der Waals surface area (Å²) in [6.45, 7) is 3.98. The van der Waals surface area contributed by atoms with Crippen LogP contribution in [0.3, 0.4) is 0 Å². The molecule has 0 fully saturated rings. The van der Waals surface area contributed by atoms with Crippen molar-refractivity contribution in [1.82, 2.24) is 0 Å². The topological polar surface area (TPSA) is 113 Å². The van der Waals surface area contributed by atoms with E-state index < -0.39 is 24.3 Å². The fourth-order valence-corrected chi connectivity index (χ4v) is 4.54. The van der Waals surface area contributed by atoms with Crippen LogP contribution in [0.25, 0.3) is 0 Å². The molecule has 3 atom stereocenters. The van der Waals surface area contributed by atoms with Crippen LogP contribution in [-0.2, 0) is 19.1 Å². The molecule has 2 unspecified atom stereocenters. The molecule has 0 aromatic carbocycles. The Morgan fingerprint density at radius 2 is 1.02 bits per heavy atom. The van der Waals surface area contributed by atoms with Crippen LogP contribution >= 0.6 is 0 Å². The van der Waals surface area contributed by atoms with Gasteiger partial charge in [-0.05, 0) is 51.4 Å². The normalized spacial score (nSPS) is 14.1. The minimum atomic E-state index is -1.07. The second kappa shape index (κ2) is 31.5. The lowest BCUT2D eigenvalue weighted by atomic mass is 10.0. The predicted molar refractivity (Wildman–Crippen MR) is 176 cm³/mol. The summed E-state index contributed by atoms with van der Waals surface area (Å²) in [4.78, 5) is 23.8. The van der Waals surface area contributed by atoms with Gasteiger partial charge in [0, 0.05) is 12.8 Å². The van der Waals surface area contributed by atoms with Crippen molar-refractivity contribution in [2.75, 3.05) is 13.2 Å². The highest BCUT2D eigenvalue weighted by Crippen LogP contribution is 2.12. The molecule has 43 heavy (non-hydrogen) atoms. The maximum Gasteiger partial charge on any atom is 0.305 e. The van der Waals surface area contributed by atoms with Gasteiger partial charge in [0.15, 0.2) is 0 Å². The summed E-state index contributed by atoms with van der Waals surface area (Å²) in [6, 6.07) is 0. The molecule has 0 aromatic rings. The van der Waals surface area contributed by atoms with E-state index in [1.54, 1.807) is 0 Å². The summed E-state index contributed by atoms with van der Waals surface area (Å²) in [6.07, 6.45) is 29.5. The standard InChI is InChI=1S/C36H64O7/c1-3-5-7-9-11-13-15-16-17-19-21-23-26-33(38)34(39)27-25-29-36(41)43-31-32(37)30-42-35(40)28-24-22-20-18-14-12-10-8-6-4-2/h11,13,16-17,21,23,32-34,37-39H,3-10,12,14-15,18-20,22,24-31H2,1-2H3/b13-11-,17-16-,23-21-/t32-,33?,34?/m1/s1. The van der Waals surface area contributed by atoms with E-state index >= 15 is 0 Å². The SMILES string of the molecule is CCCCC/C=C\C/C=C\C/C=C\CC(O)C(O)CCCC(=O)OC[C@H](O)COC(=O)CCCCCCCCCCCC. The number of ether oxygens (including phenoxy) is 2. The second-order valence-corrected chi connectivity index (χ2v) is 11.6. The first-order valence-corrected chi connectivity index (χ1v) is 17.2. The van der Waals surface area contributed by atoms with E-state index in [2.05, 4.69) is 38.2 Å². The molecule has 7 nitrogen and oxygen atoms in total. The fraction of sp³-hybridized carbons (Fsp3) is 0.778. The van der Waals surface area contributed by atoms with Gasteiger partial charge < -0.3 is 24.8 Å². The highest BCUT2D eigenvalue weighted by atomic mass is 16.6. The van der Waals surface area contributed by atoms with Gasteiger partial charge in [0.25, 0.3) is 0 Å². The zero-order valence-electron chi connectivity index (χ0n) is 27.4. The zero-order valence-corrected chi connectivity index (χ0v) is 27.4. The fourth-order valence-electron chi connectivity index (χ4n) is 4.54. The van der Waals surface area contributed by atoms with E-state index in [1.807, 2.05) is 12.2 Å². The van der Waals surface area contributed by atoms with Crippen molar-refractivity contribution in [3.8, 4) is 0 Å². The molecule has 0 amide bonds. The first kappa shape index (κ1) is 41.0. The highest BCUT2D eigenvalue weighted by molar-refractivity contribution is 5.69. The number of aliphatic hydroxyl groups is 3. The molecule has 0 aliphatic carbocycles. The number of aliphatic hydroxyl groups excluding tert-OH is 3. The number of rotatable bonds is 30. The van der Waals surface area contributed by atoms with Crippen LogP contribution in [0.2, 0.25) is 0 Å². The summed E-state index contributed by atoms with van der Waals surface area (Å²) in [5, 5.41) is 30.2. The molecule has 0 spiro atoms. The van der Waals surface area contributed by atoms with Crippen LogP contribution in [0.15, 0.2) is 36.5 Å². The average Bonchev–Trinajstić information content (AvgIpc) is 3.00. The number of hydrogen-bond donors (Lipinski definition) is 3. The minimum absolute atomic E-state index is 0.0721. The maximum absolute atomic E-state index is 11.9. The van der Waals surface area contributed by atoms with Crippen molar-refractivity contribution in [1.29, 1.82) is 0 Å². The van der Waals surface area contributed by atoms with Gasteiger partial charge in [-0.3, -0.25) is 9.59 Å². The third kappa shape index (κ3) is 29.9. The van der Waals surface area contributed by atoms with Crippen LogP contribution in [0.5, 0.6) is 0 Å². The predicted octanol–water partition coefficient (Wildman–Crippen LogP) is 8.06. The van der Waals surface area contributed by atoms with Crippen molar-refractivity contribution in [3.05, 3.63) is 36.5 Å². The van der Waals surface area contributed by atoms with Crippen molar-refractivity contribution in [2.24, 2.45) is 0 Å². The summed E-state index contributed by atoms with van der Waals surface area (Å²) in [5.74, 6) is -0.843. The summed E-state index contributed by atoms with van der Waals surface area (Å²) in [7, 11) is 0. The van der Waals surface area contributed by atoms with Gasteiger partial charge in [0.05, 0.1) is 12.2 Å². The van der Waals surface area contributed by atoms with Crippen LogP contribution < -0.4 is 0 Å². The van der Waals surface area contributed by atoms with Crippen molar-refractivity contribution >= 4 is 11.9 Å². The minimum Gasteiger partial charge on any atom is -0.463 e. The average molecular weight is 609 g/mol. The lowest BCUT2D eigenvalue weighted by Crippen LogP contribution is -2.26. The molecule has 0 aliphatic heterocycles. The first-order chi connectivity index (χ1) is 20.9. The Labute approximate surface area is 262 Å². The van der Waals surface area contributed by atoms with Crippen molar-refractivity contribution in [3.63, 3.8) is 0 Å². The Hall–Kier alpha value is -1.96. The zero-order chi connectivity index (χ0) is 31.8. The van der Waals surface area contributed by atoms with Crippen molar-refractivity contribution in [2.45, 2.75) is 167 Å². The maximum atomic E-state index is 11.9. The van der Waals surface area contributed by atoms with Crippen molar-refractivity contribution < 1.29 is 34.4 Å². The first-order valence-electron chi connectivity index (χ1n) is 17.2. The van der Waals surface area contributed by atoms with Crippen LogP contribution in [0, 0.1) is 0 Å². The number of carbonyl (C=O) groups is 2. The Kier molecular flexibility index (Phi) is 30.0. The molecule has 0 aromatic heterocycles. The molecule has 0 saturated carbocycles. The molecular weight excluding hydrogens is 544 g/mol. The highest BCUT2D eigenvalue weighted by Gasteiger charge is 2.16. The number of carbonyl (C=O) groups excluding carboxylic acids is 2. The molecule has 0 bridgehead atoms. The Bertz CT molecular complexity index is 731. The summed E-state index contributed by atoms with van der Waals surface area (Å²) in [5.41, 5.74) is 0. The number of unbranched alkanes of at least 4 members (excludes halogenated alkanes) is 12. The van der Waals surface area contributed by atoms with Crippen LogP contribution in [0.1, 0.15) is 149 Å². The van der Waals surface area contributed by atoms with E-state index in [4.69, 9.17) is 9.47 Å². The lowest BCUT2D eigenvalue weighted by molar-refractivity contribution is -0.152. The molecule has 0 heterocycles. The molecule has 7 heteroatoms. The molecule has 0 rings (SSSR count). The van der Waals surface area contributed by atoms with Crippen LogP contribution in [0.4, 0.5) is 0 Å². The second-order valence-electron chi connectivity index (χ2n) is 11.6.